The van der Waals surface area contributed by atoms with Crippen LogP contribution in [0.4, 0.5) is 5.69 Å². The first kappa shape index (κ1) is 21.5. The summed E-state index contributed by atoms with van der Waals surface area (Å²) in [5.41, 5.74) is 3.08. The number of rotatable bonds is 4. The van der Waals surface area contributed by atoms with Gasteiger partial charge in [0.05, 0.1) is 5.03 Å². The number of thioether (sulfide) groups is 1. The van der Waals surface area contributed by atoms with Gasteiger partial charge in [-0.2, -0.15) is 0 Å². The molecule has 4 nitrogen and oxygen atoms in total. The van der Waals surface area contributed by atoms with Gasteiger partial charge in [-0.1, -0.05) is 47.2 Å². The van der Waals surface area contributed by atoms with E-state index in [9.17, 15) is 9.59 Å². The maximum absolute atomic E-state index is 13.1. The number of aryl methyl sites for hydroxylation is 1. The smallest absolute Gasteiger partial charge is 0.308 e. The van der Waals surface area contributed by atoms with Crippen LogP contribution < -0.4 is 10.2 Å². The second-order valence-corrected chi connectivity index (χ2v) is 12.2. The van der Waals surface area contributed by atoms with E-state index in [0.717, 1.165) is 32.1 Å². The lowest BCUT2D eigenvalue weighted by Crippen LogP contribution is -2.34. The van der Waals surface area contributed by atoms with Gasteiger partial charge in [0.25, 0.3) is 0 Å². The minimum absolute atomic E-state index is 0.0434. The van der Waals surface area contributed by atoms with Crippen LogP contribution >= 0.6 is 34.7 Å². The Kier molecular flexibility index (Phi) is 5.43. The summed E-state index contributed by atoms with van der Waals surface area (Å²) >= 11 is 9.37. The van der Waals surface area contributed by atoms with Crippen LogP contribution in [0.2, 0.25) is 5.02 Å². The van der Waals surface area contributed by atoms with Gasteiger partial charge in [0.1, 0.15) is 6.54 Å². The van der Waals surface area contributed by atoms with Gasteiger partial charge in [-0.3, -0.25) is 14.2 Å². The molecule has 2 aromatic carbocycles. The highest BCUT2D eigenvalue weighted by molar-refractivity contribution is 8.00. The van der Waals surface area contributed by atoms with E-state index in [1.54, 1.807) is 4.57 Å². The number of hydrogen-bond donors (Lipinski definition) is 1. The first-order valence-corrected chi connectivity index (χ1v) is 13.6. The SMILES string of the molecule is Cc1cccc(NC(=O)Cn2c3c(sc2=O)[C@H](c2ccc(Cl)cc2)[C@H]2[C@@H]4CC[C@@H](C4)[C@@H]2S3)c1. The van der Waals surface area contributed by atoms with Crippen molar-refractivity contribution < 1.29 is 4.79 Å². The van der Waals surface area contributed by atoms with E-state index in [-0.39, 0.29) is 23.2 Å². The van der Waals surface area contributed by atoms with Crippen LogP contribution in [0.1, 0.15) is 41.2 Å². The van der Waals surface area contributed by atoms with Crippen molar-refractivity contribution in [1.29, 1.82) is 0 Å². The molecule has 33 heavy (non-hydrogen) atoms. The molecule has 7 heteroatoms. The molecule has 1 aromatic heterocycles. The number of fused-ring (bicyclic) bond motifs is 6. The zero-order chi connectivity index (χ0) is 22.7. The summed E-state index contributed by atoms with van der Waals surface area (Å²) in [4.78, 5) is 27.1. The molecule has 1 N–H and O–H groups in total. The number of anilines is 1. The van der Waals surface area contributed by atoms with E-state index in [4.69, 9.17) is 11.6 Å². The number of nitrogens with one attached hydrogen (secondary N) is 1. The van der Waals surface area contributed by atoms with Gasteiger partial charge in [-0.05, 0) is 79.3 Å². The number of carbonyl (C=O) groups excluding carboxylic acids is 1. The number of carbonyl (C=O) groups is 1. The number of nitrogens with zero attached hydrogens (tertiary/aromatic N) is 1. The molecule has 3 aliphatic rings. The fourth-order valence-corrected chi connectivity index (χ4v) is 9.47. The molecule has 3 aromatic rings. The Morgan fingerprint density at radius 2 is 1.94 bits per heavy atom. The van der Waals surface area contributed by atoms with Gasteiger partial charge in [-0.15, -0.1) is 11.8 Å². The fourth-order valence-electron chi connectivity index (χ4n) is 6.20. The van der Waals surface area contributed by atoms with E-state index < -0.39 is 0 Å². The summed E-state index contributed by atoms with van der Waals surface area (Å²) < 4.78 is 1.71. The van der Waals surface area contributed by atoms with Crippen LogP contribution in [0.25, 0.3) is 0 Å². The maximum atomic E-state index is 13.1. The first-order valence-electron chi connectivity index (χ1n) is 11.5. The zero-order valence-corrected chi connectivity index (χ0v) is 20.7. The number of halogens is 1. The Bertz CT molecular complexity index is 1280. The summed E-state index contributed by atoms with van der Waals surface area (Å²) in [5.74, 6) is 2.02. The first-order chi connectivity index (χ1) is 16.0. The Morgan fingerprint density at radius 3 is 2.73 bits per heavy atom. The second kappa shape index (κ2) is 8.33. The third-order valence-electron chi connectivity index (χ3n) is 7.52. The minimum atomic E-state index is -0.165. The summed E-state index contributed by atoms with van der Waals surface area (Å²) in [6, 6.07) is 15.9. The van der Waals surface area contributed by atoms with Gasteiger partial charge >= 0.3 is 4.87 Å². The molecule has 0 radical (unpaired) electrons. The second-order valence-electron chi connectivity index (χ2n) is 9.56. The Hall–Kier alpha value is -2.02. The predicted octanol–water partition coefficient (Wildman–Crippen LogP) is 6.16. The van der Waals surface area contributed by atoms with E-state index in [2.05, 4.69) is 17.4 Å². The van der Waals surface area contributed by atoms with Crippen molar-refractivity contribution in [3.8, 4) is 0 Å². The summed E-state index contributed by atoms with van der Waals surface area (Å²) in [6.45, 7) is 2.04. The Morgan fingerprint density at radius 1 is 1.15 bits per heavy atom. The fraction of sp³-hybridized carbons (Fsp3) is 0.385. The van der Waals surface area contributed by atoms with Crippen molar-refractivity contribution in [3.05, 3.63) is 79.2 Å². The number of aromatic nitrogens is 1. The molecule has 2 heterocycles. The van der Waals surface area contributed by atoms with E-state index >= 15 is 0 Å². The summed E-state index contributed by atoms with van der Waals surface area (Å²) in [6.07, 6.45) is 3.86. The van der Waals surface area contributed by atoms with Crippen LogP contribution in [0, 0.1) is 24.7 Å². The summed E-state index contributed by atoms with van der Waals surface area (Å²) in [7, 11) is 0. The van der Waals surface area contributed by atoms with Gasteiger partial charge in [-0.25, -0.2) is 0 Å². The number of hydrogen-bond acceptors (Lipinski definition) is 4. The molecule has 170 valence electrons. The lowest BCUT2D eigenvalue weighted by molar-refractivity contribution is -0.116. The van der Waals surface area contributed by atoms with Crippen LogP contribution in [-0.2, 0) is 11.3 Å². The Balaban J connectivity index is 1.37. The van der Waals surface area contributed by atoms with Crippen molar-refractivity contribution in [2.75, 3.05) is 5.32 Å². The van der Waals surface area contributed by atoms with Gasteiger partial charge in [0.15, 0.2) is 0 Å². The van der Waals surface area contributed by atoms with E-state index in [0.29, 0.717) is 17.1 Å². The average molecular weight is 497 g/mol. The molecule has 1 aliphatic heterocycles. The molecule has 5 atom stereocenters. The van der Waals surface area contributed by atoms with Crippen molar-refractivity contribution >= 4 is 46.3 Å². The number of benzene rings is 2. The predicted molar refractivity (Wildman–Crippen MR) is 136 cm³/mol. The molecular weight excluding hydrogens is 472 g/mol. The third-order valence-corrected chi connectivity index (χ3v) is 10.6. The lowest BCUT2D eigenvalue weighted by atomic mass is 9.75. The van der Waals surface area contributed by atoms with Crippen molar-refractivity contribution in [2.24, 2.45) is 17.8 Å². The average Bonchev–Trinajstić information content (AvgIpc) is 3.48. The monoisotopic (exact) mass is 496 g/mol. The van der Waals surface area contributed by atoms with Crippen molar-refractivity contribution in [3.63, 3.8) is 0 Å². The molecule has 0 saturated heterocycles. The largest absolute Gasteiger partial charge is 0.325 e. The highest BCUT2D eigenvalue weighted by atomic mass is 35.5. The van der Waals surface area contributed by atoms with E-state index in [1.807, 2.05) is 55.1 Å². The molecule has 2 aliphatic carbocycles. The van der Waals surface area contributed by atoms with Gasteiger partial charge in [0.2, 0.25) is 5.91 Å². The molecule has 6 rings (SSSR count). The maximum Gasteiger partial charge on any atom is 0.308 e. The molecular formula is C26H25ClN2O2S2. The van der Waals surface area contributed by atoms with Crippen LogP contribution in [0.5, 0.6) is 0 Å². The van der Waals surface area contributed by atoms with E-state index in [1.165, 1.54) is 36.2 Å². The quantitative estimate of drug-likeness (QED) is 0.470. The molecule has 0 spiro atoms. The van der Waals surface area contributed by atoms with Crippen molar-refractivity contribution in [2.45, 2.75) is 48.9 Å². The standard InChI is InChI=1S/C26H25ClN2O2S2/c1-14-3-2-4-19(11-14)28-20(30)13-29-25-24(33-26(29)31)21(15-7-9-18(27)10-8-15)22-16-5-6-17(12-16)23(22)32-25/h2-4,7-11,16-17,21-23H,5-6,12-13H2,1H3,(H,28,30)/t16-,17+,21-,22-,23+/m1/s1. The highest BCUT2D eigenvalue weighted by Crippen LogP contribution is 2.64. The summed E-state index contributed by atoms with van der Waals surface area (Å²) in [5, 5.41) is 5.20. The number of thiazole rings is 1. The molecule has 2 saturated carbocycles. The molecule has 2 fully saturated rings. The molecule has 0 unspecified atom stereocenters. The number of amides is 1. The highest BCUT2D eigenvalue weighted by Gasteiger charge is 2.55. The van der Waals surface area contributed by atoms with Crippen LogP contribution in [0.3, 0.4) is 0 Å². The lowest BCUT2D eigenvalue weighted by Gasteiger charge is -2.40. The zero-order valence-electron chi connectivity index (χ0n) is 18.3. The van der Waals surface area contributed by atoms with Crippen LogP contribution in [-0.4, -0.2) is 15.7 Å². The molecule has 1 amide bonds. The normalized spacial score (nSPS) is 27.3. The van der Waals surface area contributed by atoms with Crippen LogP contribution in [0.15, 0.2) is 58.4 Å². The third kappa shape index (κ3) is 3.76. The van der Waals surface area contributed by atoms with Gasteiger partial charge < -0.3 is 5.32 Å². The molecule has 2 bridgehead atoms. The van der Waals surface area contributed by atoms with Crippen molar-refractivity contribution in [1.82, 2.24) is 4.57 Å². The minimum Gasteiger partial charge on any atom is -0.325 e. The topological polar surface area (TPSA) is 51.1 Å². The Labute approximate surface area is 206 Å². The van der Waals surface area contributed by atoms with Gasteiger partial charge in [0, 0.05) is 26.8 Å².